The number of ether oxygens (including phenoxy) is 6. The topological polar surface area (TPSA) is 130 Å². The van der Waals surface area contributed by atoms with Gasteiger partial charge in [0.05, 0.1) is 29.9 Å². The lowest BCUT2D eigenvalue weighted by molar-refractivity contribution is -0.315. The van der Waals surface area contributed by atoms with Gasteiger partial charge in [0, 0.05) is 12.3 Å². The predicted molar refractivity (Wildman–Crippen MR) is 210 cm³/mol. The van der Waals surface area contributed by atoms with Gasteiger partial charge in [0.15, 0.2) is 18.2 Å². The first-order valence-electron chi connectivity index (χ1n) is 21.9. The molecule has 10 heteroatoms. The number of hydrogen-bond donors (Lipinski definition) is 2. The normalized spacial score (nSPS) is 46.3. The van der Waals surface area contributed by atoms with Gasteiger partial charge in [-0.25, -0.2) is 9.59 Å². The Balaban J connectivity index is 0.870. The molecule has 9 rings (SSSR count). The number of benzene rings is 2. The molecule has 0 aromatic heterocycles. The van der Waals surface area contributed by atoms with Crippen LogP contribution in [0.2, 0.25) is 0 Å². The van der Waals surface area contributed by atoms with Crippen LogP contribution in [0.4, 0.5) is 0 Å². The highest BCUT2D eigenvalue weighted by atomic mass is 16.7. The van der Waals surface area contributed by atoms with Gasteiger partial charge in [-0.05, 0) is 128 Å². The van der Waals surface area contributed by atoms with Gasteiger partial charge in [-0.1, -0.05) is 64.1 Å². The lowest BCUT2D eigenvalue weighted by atomic mass is 9.44. The average molecular weight is 787 g/mol. The zero-order chi connectivity index (χ0) is 39.7. The van der Waals surface area contributed by atoms with Crippen molar-refractivity contribution >= 4 is 11.9 Å². The minimum Gasteiger partial charge on any atom is -0.459 e. The van der Waals surface area contributed by atoms with Gasteiger partial charge in [0.1, 0.15) is 24.9 Å². The Labute approximate surface area is 337 Å². The Morgan fingerprint density at radius 1 is 0.789 bits per heavy atom. The summed E-state index contributed by atoms with van der Waals surface area (Å²) in [7, 11) is 0. The molecule has 3 heterocycles. The molecule has 0 bridgehead atoms. The van der Waals surface area contributed by atoms with Crippen LogP contribution in [0, 0.1) is 52.3 Å². The zero-order valence-corrected chi connectivity index (χ0v) is 34.0. The molecule has 0 unspecified atom stereocenters. The number of hydrogen-bond acceptors (Lipinski definition) is 10. The summed E-state index contributed by atoms with van der Waals surface area (Å²) in [6.45, 7) is 10.3. The maximum absolute atomic E-state index is 13.2. The van der Waals surface area contributed by atoms with Crippen LogP contribution in [0.15, 0.2) is 60.7 Å². The van der Waals surface area contributed by atoms with Crippen LogP contribution in [0.25, 0.3) is 0 Å². The lowest BCUT2D eigenvalue weighted by Gasteiger charge is -2.61. The van der Waals surface area contributed by atoms with Crippen molar-refractivity contribution < 1.29 is 48.2 Å². The van der Waals surface area contributed by atoms with Crippen LogP contribution in [0.3, 0.4) is 0 Å². The maximum atomic E-state index is 13.2. The van der Waals surface area contributed by atoms with Gasteiger partial charge in [0.25, 0.3) is 0 Å². The Morgan fingerprint density at radius 3 is 2.19 bits per heavy atom. The van der Waals surface area contributed by atoms with E-state index in [4.69, 9.17) is 28.4 Å². The molecule has 10 nitrogen and oxygen atoms in total. The van der Waals surface area contributed by atoms with Crippen molar-refractivity contribution in [2.24, 2.45) is 52.3 Å². The fourth-order valence-electron chi connectivity index (χ4n) is 13.4. The van der Waals surface area contributed by atoms with Crippen molar-refractivity contribution in [3.63, 3.8) is 0 Å². The van der Waals surface area contributed by atoms with E-state index in [1.54, 1.807) is 60.7 Å². The third-order valence-corrected chi connectivity index (χ3v) is 16.5. The summed E-state index contributed by atoms with van der Waals surface area (Å²) in [4.78, 5) is 26.0. The summed E-state index contributed by atoms with van der Waals surface area (Å²) < 4.78 is 37.7. The lowest BCUT2D eigenvalue weighted by Crippen LogP contribution is -2.61. The van der Waals surface area contributed by atoms with E-state index in [0.29, 0.717) is 53.1 Å². The highest BCUT2D eigenvalue weighted by Crippen LogP contribution is 2.71. The number of aliphatic hydroxyl groups is 2. The molecule has 2 N–H and O–H groups in total. The van der Waals surface area contributed by atoms with Crippen molar-refractivity contribution in [2.75, 3.05) is 13.2 Å². The minimum atomic E-state index is -1.47. The molecule has 0 amide bonds. The molecular weight excluding hydrogens is 725 g/mol. The Hall–Kier alpha value is -2.86. The maximum Gasteiger partial charge on any atom is 0.338 e. The monoisotopic (exact) mass is 786 g/mol. The molecule has 310 valence electrons. The van der Waals surface area contributed by atoms with Gasteiger partial charge < -0.3 is 38.6 Å². The summed E-state index contributed by atoms with van der Waals surface area (Å²) in [5.41, 5.74) is 1.12. The SMILES string of the molecule is C[C@H]1CC[C@@]2(OC1)O[C@H]1C[C@H]3[C@@H]4CC[C@@H]5C[C@@H](O[C@@H]6O[C@H](COC(=O)c7ccccc7)[C@H](O)[C@H](OC(=O)c7ccccc7)[C@H]6O)CC[C@]5(C)[C@H]4CC[C@]3(C)[C@H]1[C@@H]2C. The number of aliphatic hydroxyl groups excluding tert-OH is 2. The summed E-state index contributed by atoms with van der Waals surface area (Å²) in [6, 6.07) is 17.0. The number of esters is 2. The average Bonchev–Trinajstić information content (AvgIpc) is 3.67. The van der Waals surface area contributed by atoms with Crippen molar-refractivity contribution in [2.45, 2.75) is 141 Å². The number of rotatable bonds is 7. The van der Waals surface area contributed by atoms with Crippen molar-refractivity contribution in [1.29, 1.82) is 0 Å². The second kappa shape index (κ2) is 15.3. The summed E-state index contributed by atoms with van der Waals surface area (Å²) in [5.74, 6) is 2.40. The van der Waals surface area contributed by atoms with E-state index in [1.807, 2.05) is 0 Å². The van der Waals surface area contributed by atoms with Gasteiger partial charge >= 0.3 is 11.9 Å². The van der Waals surface area contributed by atoms with E-state index < -0.39 is 48.4 Å². The molecular formula is C47H62O10. The standard InChI is InChI=1S/C47H62O10/c1-27-17-22-47(53-25-27)28(2)38-36(57-47)24-35-33-16-15-31-23-32(18-20-45(31,3)34(33)19-21-46(35,38)4)54-44-40(49)41(56-43(51)30-13-9-6-10-14-30)39(48)37(55-44)26-52-42(50)29-11-7-5-8-12-29/h5-14,27-28,31-41,44,48-49H,15-26H2,1-4H3/t27-,28-,31+,32-,33+,34-,35-,36-,37+,38-,39-,40+,41-,44+,45-,46-,47+/m0/s1. The van der Waals surface area contributed by atoms with Crippen LogP contribution >= 0.6 is 0 Å². The number of fused-ring (bicyclic) bond motifs is 7. The molecule has 17 atom stereocenters. The molecule has 0 radical (unpaired) electrons. The van der Waals surface area contributed by atoms with E-state index in [2.05, 4.69) is 27.7 Å². The van der Waals surface area contributed by atoms with E-state index in [-0.39, 0.29) is 29.1 Å². The predicted octanol–water partition coefficient (Wildman–Crippen LogP) is 7.35. The van der Waals surface area contributed by atoms with Crippen LogP contribution < -0.4 is 0 Å². The van der Waals surface area contributed by atoms with Crippen LogP contribution in [-0.2, 0) is 28.4 Å². The zero-order valence-electron chi connectivity index (χ0n) is 34.0. The highest BCUT2D eigenvalue weighted by molar-refractivity contribution is 5.90. The number of carbonyl (C=O) groups excluding carboxylic acids is 2. The minimum absolute atomic E-state index is 0.184. The Morgan fingerprint density at radius 2 is 1.49 bits per heavy atom. The van der Waals surface area contributed by atoms with Crippen LogP contribution in [-0.4, -0.2) is 84.1 Å². The van der Waals surface area contributed by atoms with Crippen molar-refractivity contribution in [3.8, 4) is 0 Å². The molecule has 7 aliphatic rings. The van der Waals surface area contributed by atoms with Gasteiger partial charge in [0.2, 0.25) is 0 Å². The third kappa shape index (κ3) is 6.88. The smallest absolute Gasteiger partial charge is 0.338 e. The highest BCUT2D eigenvalue weighted by Gasteiger charge is 2.69. The molecule has 3 aliphatic heterocycles. The van der Waals surface area contributed by atoms with Crippen molar-refractivity contribution in [1.82, 2.24) is 0 Å². The molecule has 7 fully saturated rings. The first-order chi connectivity index (χ1) is 27.4. The largest absolute Gasteiger partial charge is 0.459 e. The molecule has 4 saturated carbocycles. The third-order valence-electron chi connectivity index (χ3n) is 16.5. The fourth-order valence-corrected chi connectivity index (χ4v) is 13.4. The van der Waals surface area contributed by atoms with E-state index in [9.17, 15) is 19.8 Å². The molecule has 57 heavy (non-hydrogen) atoms. The molecule has 1 spiro atoms. The molecule has 4 aliphatic carbocycles. The van der Waals surface area contributed by atoms with Gasteiger partial charge in [-0.3, -0.25) is 0 Å². The Kier molecular flexibility index (Phi) is 10.6. The van der Waals surface area contributed by atoms with E-state index in [0.717, 1.165) is 45.1 Å². The van der Waals surface area contributed by atoms with Crippen LogP contribution in [0.5, 0.6) is 0 Å². The number of carbonyl (C=O) groups is 2. The fraction of sp³-hybridized carbons (Fsp3) is 0.702. The summed E-state index contributed by atoms with van der Waals surface area (Å²) in [5, 5.41) is 23.0. The quantitative estimate of drug-likeness (QED) is 0.217. The van der Waals surface area contributed by atoms with Gasteiger partial charge in [-0.15, -0.1) is 0 Å². The summed E-state index contributed by atoms with van der Waals surface area (Å²) >= 11 is 0. The second-order valence-electron chi connectivity index (χ2n) is 19.4. The molecule has 2 aromatic rings. The van der Waals surface area contributed by atoms with E-state index >= 15 is 0 Å². The Bertz CT molecular complexity index is 1750. The second-order valence-corrected chi connectivity index (χ2v) is 19.4. The first kappa shape index (κ1) is 39.6. The van der Waals surface area contributed by atoms with Crippen LogP contribution in [0.1, 0.15) is 113 Å². The summed E-state index contributed by atoms with van der Waals surface area (Å²) in [6.07, 6.45) is 4.42. The molecule has 3 saturated heterocycles. The van der Waals surface area contributed by atoms with Gasteiger partial charge in [-0.2, -0.15) is 0 Å². The molecule has 2 aromatic carbocycles. The van der Waals surface area contributed by atoms with E-state index in [1.165, 1.54) is 25.7 Å². The van der Waals surface area contributed by atoms with Crippen molar-refractivity contribution in [3.05, 3.63) is 71.8 Å². The first-order valence-corrected chi connectivity index (χ1v) is 21.9.